The standard InChI is InChI=1S/C25H22F2N6O/c1-32-23(14-9-15(26)11-16(27)10-14)20-12-17-5-4-8-21(22(20)31-32)33(17)25(34)19-7-3-2-6-18(19)24-28-13-29-30-24/h2-3,6-7,9-11,13,17,21H,4-5,8,12H2,1H3,(H,28,29,30)/t17-,21+/m1/s1. The highest BCUT2D eigenvalue weighted by Gasteiger charge is 2.44. The molecule has 1 N–H and O–H groups in total. The highest BCUT2D eigenvalue weighted by Crippen LogP contribution is 2.45. The van der Waals surface area contributed by atoms with Crippen LogP contribution < -0.4 is 0 Å². The molecule has 4 heterocycles. The Bertz CT molecular complexity index is 1380. The number of piperidine rings is 1. The fourth-order valence-electron chi connectivity index (χ4n) is 5.55. The molecule has 2 aliphatic heterocycles. The van der Waals surface area contributed by atoms with Crippen LogP contribution in [0.15, 0.2) is 48.8 Å². The van der Waals surface area contributed by atoms with E-state index >= 15 is 0 Å². The molecule has 4 aromatic rings. The molecule has 1 saturated heterocycles. The van der Waals surface area contributed by atoms with Gasteiger partial charge in [0.1, 0.15) is 18.0 Å². The minimum Gasteiger partial charge on any atom is -0.327 e. The van der Waals surface area contributed by atoms with Gasteiger partial charge in [0.25, 0.3) is 5.91 Å². The van der Waals surface area contributed by atoms with Crippen LogP contribution in [-0.4, -0.2) is 41.8 Å². The minimum absolute atomic E-state index is 0.0251. The Balaban J connectivity index is 1.44. The zero-order valence-corrected chi connectivity index (χ0v) is 18.5. The first kappa shape index (κ1) is 20.7. The van der Waals surface area contributed by atoms with Crippen LogP contribution in [0.3, 0.4) is 0 Å². The lowest BCUT2D eigenvalue weighted by Crippen LogP contribution is -2.50. The topological polar surface area (TPSA) is 79.7 Å². The van der Waals surface area contributed by atoms with Crippen LogP contribution in [0.5, 0.6) is 0 Å². The lowest BCUT2D eigenvalue weighted by Gasteiger charge is -2.45. The number of aryl methyl sites for hydroxylation is 1. The summed E-state index contributed by atoms with van der Waals surface area (Å²) in [7, 11) is 1.78. The summed E-state index contributed by atoms with van der Waals surface area (Å²) in [4.78, 5) is 20.1. The third-order valence-electron chi connectivity index (χ3n) is 6.87. The average Bonchev–Trinajstić information content (AvgIpc) is 3.45. The summed E-state index contributed by atoms with van der Waals surface area (Å²) >= 11 is 0. The van der Waals surface area contributed by atoms with Crippen LogP contribution in [0.2, 0.25) is 0 Å². The molecule has 2 aliphatic rings. The van der Waals surface area contributed by atoms with Crippen molar-refractivity contribution >= 4 is 5.91 Å². The van der Waals surface area contributed by atoms with E-state index in [4.69, 9.17) is 5.10 Å². The van der Waals surface area contributed by atoms with Gasteiger partial charge >= 0.3 is 0 Å². The summed E-state index contributed by atoms with van der Waals surface area (Å²) in [6.45, 7) is 0. The summed E-state index contributed by atoms with van der Waals surface area (Å²) in [5.41, 5.74) is 4.20. The van der Waals surface area contributed by atoms with Gasteiger partial charge in [0, 0.05) is 35.8 Å². The van der Waals surface area contributed by atoms with Gasteiger partial charge in [0.05, 0.1) is 23.0 Å². The molecule has 2 atom stereocenters. The monoisotopic (exact) mass is 460 g/mol. The number of amides is 1. The van der Waals surface area contributed by atoms with Crippen molar-refractivity contribution in [3.63, 3.8) is 0 Å². The number of rotatable bonds is 3. The summed E-state index contributed by atoms with van der Waals surface area (Å²) in [6, 6.07) is 10.7. The van der Waals surface area contributed by atoms with Crippen molar-refractivity contribution in [3.8, 4) is 22.6 Å². The predicted molar refractivity (Wildman–Crippen MR) is 121 cm³/mol. The number of halogens is 2. The quantitative estimate of drug-likeness (QED) is 0.490. The molecule has 6 rings (SSSR count). The molecule has 2 aromatic carbocycles. The normalized spacial score (nSPS) is 19.2. The zero-order valence-electron chi connectivity index (χ0n) is 18.5. The van der Waals surface area contributed by atoms with E-state index in [9.17, 15) is 13.6 Å². The Morgan fingerprint density at radius 2 is 1.91 bits per heavy atom. The second kappa shape index (κ2) is 7.86. The SMILES string of the molecule is Cn1nc2c(c1-c1cc(F)cc(F)c1)C[C@H]1CCC[C@@H]2N1C(=O)c1ccccc1-c1ncn[nH]1. The third kappa shape index (κ3) is 3.22. The molecule has 2 bridgehead atoms. The smallest absolute Gasteiger partial charge is 0.255 e. The van der Waals surface area contributed by atoms with E-state index in [1.165, 1.54) is 18.5 Å². The zero-order chi connectivity index (χ0) is 23.4. The molecular formula is C25H22F2N6O. The van der Waals surface area contributed by atoms with E-state index in [-0.39, 0.29) is 18.0 Å². The van der Waals surface area contributed by atoms with Gasteiger partial charge in [-0.25, -0.2) is 13.8 Å². The highest BCUT2D eigenvalue weighted by molar-refractivity contribution is 6.00. The third-order valence-corrected chi connectivity index (χ3v) is 6.87. The van der Waals surface area contributed by atoms with Crippen molar-refractivity contribution in [2.24, 2.45) is 7.05 Å². The van der Waals surface area contributed by atoms with Crippen LogP contribution in [0.1, 0.15) is 46.9 Å². The molecular weight excluding hydrogens is 438 g/mol. The second-order valence-corrected chi connectivity index (χ2v) is 8.89. The van der Waals surface area contributed by atoms with Gasteiger partial charge < -0.3 is 4.90 Å². The first-order chi connectivity index (χ1) is 16.5. The maximum Gasteiger partial charge on any atom is 0.255 e. The summed E-state index contributed by atoms with van der Waals surface area (Å²) in [5, 5.41) is 11.5. The summed E-state index contributed by atoms with van der Waals surface area (Å²) < 4.78 is 29.7. The highest BCUT2D eigenvalue weighted by atomic mass is 19.1. The van der Waals surface area contributed by atoms with Gasteiger partial charge in [0.15, 0.2) is 5.82 Å². The van der Waals surface area contributed by atoms with Crippen molar-refractivity contribution < 1.29 is 13.6 Å². The number of carbonyl (C=O) groups excluding carboxylic acids is 1. The van der Waals surface area contributed by atoms with Crippen molar-refractivity contribution in [1.82, 2.24) is 29.9 Å². The number of carbonyl (C=O) groups is 1. The van der Waals surface area contributed by atoms with E-state index in [2.05, 4.69) is 15.2 Å². The van der Waals surface area contributed by atoms with Crippen LogP contribution in [0.4, 0.5) is 8.78 Å². The number of nitrogens with zero attached hydrogens (tertiary/aromatic N) is 5. The number of benzene rings is 2. The number of aromatic amines is 1. The van der Waals surface area contributed by atoms with E-state index in [1.807, 2.05) is 29.2 Å². The molecule has 1 amide bonds. The molecule has 0 aliphatic carbocycles. The van der Waals surface area contributed by atoms with Gasteiger partial charge in [0.2, 0.25) is 0 Å². The number of hydrogen-bond donors (Lipinski definition) is 1. The van der Waals surface area contributed by atoms with E-state index in [0.717, 1.165) is 36.6 Å². The Morgan fingerprint density at radius 1 is 1.12 bits per heavy atom. The average molecular weight is 460 g/mol. The molecule has 0 unspecified atom stereocenters. The Kier molecular flexibility index (Phi) is 4.79. The van der Waals surface area contributed by atoms with Gasteiger partial charge in [-0.3, -0.25) is 14.6 Å². The van der Waals surface area contributed by atoms with E-state index < -0.39 is 11.6 Å². The maximum atomic E-state index is 14.0. The largest absolute Gasteiger partial charge is 0.327 e. The van der Waals surface area contributed by atoms with Crippen LogP contribution in [0.25, 0.3) is 22.6 Å². The molecule has 7 nitrogen and oxygen atoms in total. The van der Waals surface area contributed by atoms with Crippen LogP contribution >= 0.6 is 0 Å². The molecule has 0 spiro atoms. The molecule has 34 heavy (non-hydrogen) atoms. The maximum absolute atomic E-state index is 14.0. The van der Waals surface area contributed by atoms with Crippen LogP contribution in [-0.2, 0) is 13.5 Å². The fourth-order valence-corrected chi connectivity index (χ4v) is 5.55. The molecule has 1 fully saturated rings. The van der Waals surface area contributed by atoms with Crippen molar-refractivity contribution in [3.05, 3.63) is 77.2 Å². The number of hydrogen-bond acceptors (Lipinski definition) is 4. The molecule has 2 aromatic heterocycles. The lowest BCUT2D eigenvalue weighted by molar-refractivity contribution is 0.0392. The predicted octanol–water partition coefficient (Wildman–Crippen LogP) is 4.44. The van der Waals surface area contributed by atoms with Crippen molar-refractivity contribution in [1.29, 1.82) is 0 Å². The Hall–Kier alpha value is -3.88. The van der Waals surface area contributed by atoms with Crippen molar-refractivity contribution in [2.75, 3.05) is 0 Å². The number of fused-ring (bicyclic) bond motifs is 4. The van der Waals surface area contributed by atoms with Gasteiger partial charge in [-0.05, 0) is 43.9 Å². The second-order valence-electron chi connectivity index (χ2n) is 8.89. The number of nitrogens with one attached hydrogen (secondary N) is 1. The molecule has 172 valence electrons. The molecule has 0 saturated carbocycles. The summed E-state index contributed by atoms with van der Waals surface area (Å²) in [5.74, 6) is -0.778. The minimum atomic E-state index is -0.623. The van der Waals surface area contributed by atoms with Crippen molar-refractivity contribution in [2.45, 2.75) is 37.8 Å². The first-order valence-electron chi connectivity index (χ1n) is 11.3. The summed E-state index contributed by atoms with van der Waals surface area (Å²) in [6.07, 6.45) is 4.64. The number of H-pyrrole nitrogens is 1. The fraction of sp³-hybridized carbons (Fsp3) is 0.280. The van der Waals surface area contributed by atoms with E-state index in [0.29, 0.717) is 34.6 Å². The van der Waals surface area contributed by atoms with E-state index in [1.54, 1.807) is 11.7 Å². The van der Waals surface area contributed by atoms with Gasteiger partial charge in [-0.15, -0.1) is 0 Å². The van der Waals surface area contributed by atoms with Crippen LogP contribution in [0, 0.1) is 11.6 Å². The Morgan fingerprint density at radius 3 is 2.68 bits per heavy atom. The Labute approximate surface area is 194 Å². The number of aromatic nitrogens is 5. The lowest BCUT2D eigenvalue weighted by atomic mass is 9.81. The molecule has 0 radical (unpaired) electrons. The van der Waals surface area contributed by atoms with Gasteiger partial charge in [-0.1, -0.05) is 18.2 Å². The molecule has 9 heteroatoms. The van der Waals surface area contributed by atoms with Gasteiger partial charge in [-0.2, -0.15) is 10.2 Å². The first-order valence-corrected chi connectivity index (χ1v) is 11.3.